The van der Waals surface area contributed by atoms with Crippen LogP contribution in [0.15, 0.2) is 85.1 Å². The zero-order valence-electron chi connectivity index (χ0n) is 19.5. The average Bonchev–Trinajstić information content (AvgIpc) is 2.85. The SMILES string of the molecule is CN(C)C(=O)Oc1ccccc1CN1C=C(C(=O)NCCc2ccccc2)c2ccccc2C1. The highest BCUT2D eigenvalue weighted by Gasteiger charge is 2.23. The van der Waals surface area contributed by atoms with E-state index in [1.807, 2.05) is 66.9 Å². The Kier molecular flexibility index (Phi) is 7.28. The van der Waals surface area contributed by atoms with Crippen molar-refractivity contribution in [2.24, 2.45) is 0 Å². The van der Waals surface area contributed by atoms with Crippen LogP contribution in [-0.4, -0.2) is 42.4 Å². The van der Waals surface area contributed by atoms with E-state index in [9.17, 15) is 9.59 Å². The van der Waals surface area contributed by atoms with E-state index in [0.29, 0.717) is 31.0 Å². The Morgan fingerprint density at radius 2 is 1.65 bits per heavy atom. The summed E-state index contributed by atoms with van der Waals surface area (Å²) in [4.78, 5) is 28.7. The molecule has 6 heteroatoms. The van der Waals surface area contributed by atoms with E-state index in [0.717, 1.165) is 23.1 Å². The van der Waals surface area contributed by atoms with E-state index in [1.54, 1.807) is 20.2 Å². The van der Waals surface area contributed by atoms with Crippen molar-refractivity contribution in [3.8, 4) is 5.75 Å². The number of hydrogen-bond donors (Lipinski definition) is 1. The number of para-hydroxylation sites is 1. The van der Waals surface area contributed by atoms with Gasteiger partial charge in [-0.25, -0.2) is 4.79 Å². The van der Waals surface area contributed by atoms with E-state index in [2.05, 4.69) is 22.3 Å². The van der Waals surface area contributed by atoms with Crippen molar-refractivity contribution >= 4 is 17.6 Å². The summed E-state index contributed by atoms with van der Waals surface area (Å²) in [5.41, 5.74) is 4.73. The molecule has 0 radical (unpaired) electrons. The molecule has 0 atom stereocenters. The maximum absolute atomic E-state index is 13.2. The third kappa shape index (κ3) is 5.64. The maximum atomic E-state index is 13.2. The van der Waals surface area contributed by atoms with Gasteiger partial charge in [-0.15, -0.1) is 0 Å². The molecule has 0 fully saturated rings. The summed E-state index contributed by atoms with van der Waals surface area (Å²) in [6, 6.07) is 25.6. The van der Waals surface area contributed by atoms with Gasteiger partial charge in [-0.3, -0.25) is 4.79 Å². The van der Waals surface area contributed by atoms with Crippen molar-refractivity contribution in [2.75, 3.05) is 20.6 Å². The summed E-state index contributed by atoms with van der Waals surface area (Å²) in [6.45, 7) is 1.73. The van der Waals surface area contributed by atoms with Crippen LogP contribution in [0.4, 0.5) is 4.79 Å². The number of carbonyl (C=O) groups is 2. The molecule has 1 N–H and O–H groups in total. The molecule has 34 heavy (non-hydrogen) atoms. The number of ether oxygens (including phenoxy) is 1. The van der Waals surface area contributed by atoms with Gasteiger partial charge in [0, 0.05) is 45.5 Å². The summed E-state index contributed by atoms with van der Waals surface area (Å²) < 4.78 is 5.55. The van der Waals surface area contributed by atoms with Gasteiger partial charge in [-0.1, -0.05) is 72.8 Å². The quantitative estimate of drug-likeness (QED) is 0.571. The van der Waals surface area contributed by atoms with E-state index in [4.69, 9.17) is 4.74 Å². The molecular weight excluding hydrogens is 426 g/mol. The van der Waals surface area contributed by atoms with Crippen LogP contribution in [0.3, 0.4) is 0 Å². The molecule has 1 aliphatic heterocycles. The number of hydrogen-bond acceptors (Lipinski definition) is 4. The van der Waals surface area contributed by atoms with Crippen molar-refractivity contribution in [1.29, 1.82) is 0 Å². The van der Waals surface area contributed by atoms with Gasteiger partial charge < -0.3 is 19.9 Å². The fourth-order valence-corrected chi connectivity index (χ4v) is 3.92. The first-order valence-electron chi connectivity index (χ1n) is 11.3. The number of rotatable bonds is 7. The number of carbonyl (C=O) groups excluding carboxylic acids is 2. The second-order valence-corrected chi connectivity index (χ2v) is 8.47. The van der Waals surface area contributed by atoms with Crippen LogP contribution < -0.4 is 10.1 Å². The van der Waals surface area contributed by atoms with Crippen LogP contribution in [0, 0.1) is 0 Å². The van der Waals surface area contributed by atoms with E-state index in [1.165, 1.54) is 10.5 Å². The summed E-state index contributed by atoms with van der Waals surface area (Å²) in [7, 11) is 3.30. The minimum Gasteiger partial charge on any atom is -0.410 e. The van der Waals surface area contributed by atoms with Crippen LogP contribution in [0.2, 0.25) is 0 Å². The Balaban J connectivity index is 1.51. The third-order valence-electron chi connectivity index (χ3n) is 5.69. The van der Waals surface area contributed by atoms with Crippen molar-refractivity contribution < 1.29 is 14.3 Å². The van der Waals surface area contributed by atoms with Gasteiger partial charge in [0.25, 0.3) is 5.91 Å². The van der Waals surface area contributed by atoms with E-state index >= 15 is 0 Å². The summed E-state index contributed by atoms with van der Waals surface area (Å²) >= 11 is 0. The van der Waals surface area contributed by atoms with Gasteiger partial charge in [0.1, 0.15) is 5.75 Å². The number of fused-ring (bicyclic) bond motifs is 1. The van der Waals surface area contributed by atoms with Gasteiger partial charge in [0.2, 0.25) is 0 Å². The largest absolute Gasteiger partial charge is 0.414 e. The van der Waals surface area contributed by atoms with E-state index < -0.39 is 6.09 Å². The molecule has 1 heterocycles. The molecule has 0 aliphatic carbocycles. The molecule has 3 aromatic carbocycles. The van der Waals surface area contributed by atoms with Crippen molar-refractivity contribution in [1.82, 2.24) is 15.1 Å². The lowest BCUT2D eigenvalue weighted by molar-refractivity contribution is -0.115. The molecule has 6 nitrogen and oxygen atoms in total. The van der Waals surface area contributed by atoms with Gasteiger partial charge >= 0.3 is 6.09 Å². The molecule has 0 unspecified atom stereocenters. The summed E-state index contributed by atoms with van der Waals surface area (Å²) in [5.74, 6) is 0.419. The van der Waals surface area contributed by atoms with Crippen LogP contribution in [-0.2, 0) is 24.3 Å². The van der Waals surface area contributed by atoms with Gasteiger partial charge in [-0.2, -0.15) is 0 Å². The van der Waals surface area contributed by atoms with E-state index in [-0.39, 0.29) is 5.91 Å². The first-order valence-corrected chi connectivity index (χ1v) is 11.3. The molecule has 0 aromatic heterocycles. The molecule has 1 aliphatic rings. The third-order valence-corrected chi connectivity index (χ3v) is 5.69. The predicted octanol–water partition coefficient (Wildman–Crippen LogP) is 4.46. The molecule has 0 saturated heterocycles. The highest BCUT2D eigenvalue weighted by Crippen LogP contribution is 2.29. The Hall–Kier alpha value is -4.06. The number of benzene rings is 3. The molecule has 4 rings (SSSR count). The Bertz CT molecular complexity index is 1190. The lowest BCUT2D eigenvalue weighted by Crippen LogP contribution is -2.31. The molecule has 3 aromatic rings. The molecular formula is C28H29N3O3. The number of nitrogens with zero attached hydrogens (tertiary/aromatic N) is 2. The van der Waals surface area contributed by atoms with Crippen molar-refractivity contribution in [3.63, 3.8) is 0 Å². The Morgan fingerprint density at radius 3 is 2.44 bits per heavy atom. The van der Waals surface area contributed by atoms with Crippen LogP contribution in [0.1, 0.15) is 22.3 Å². The number of nitrogens with one attached hydrogen (secondary N) is 1. The first kappa shape index (κ1) is 23.1. The second-order valence-electron chi connectivity index (χ2n) is 8.47. The first-order chi connectivity index (χ1) is 16.5. The molecule has 0 bridgehead atoms. The lowest BCUT2D eigenvalue weighted by Gasteiger charge is -2.29. The molecule has 0 saturated carbocycles. The average molecular weight is 456 g/mol. The van der Waals surface area contributed by atoms with Gasteiger partial charge in [0.05, 0.1) is 5.57 Å². The Morgan fingerprint density at radius 1 is 0.941 bits per heavy atom. The van der Waals surface area contributed by atoms with Crippen molar-refractivity contribution in [3.05, 3.63) is 107 Å². The minimum atomic E-state index is -0.425. The summed E-state index contributed by atoms with van der Waals surface area (Å²) in [6.07, 6.45) is 2.26. The molecule has 0 spiro atoms. The highest BCUT2D eigenvalue weighted by molar-refractivity contribution is 6.20. The molecule has 174 valence electrons. The minimum absolute atomic E-state index is 0.0969. The monoisotopic (exact) mass is 455 g/mol. The van der Waals surface area contributed by atoms with Crippen LogP contribution >= 0.6 is 0 Å². The Labute approximate surface area is 200 Å². The topological polar surface area (TPSA) is 61.9 Å². The van der Waals surface area contributed by atoms with Crippen molar-refractivity contribution in [2.45, 2.75) is 19.5 Å². The smallest absolute Gasteiger partial charge is 0.410 e. The predicted molar refractivity (Wildman–Crippen MR) is 133 cm³/mol. The fraction of sp³-hybridized carbons (Fsp3) is 0.214. The standard InChI is InChI=1S/C28H29N3O3/c1-30(2)28(33)34-26-15-9-7-13-23(26)19-31-18-22-12-6-8-14-24(22)25(20-31)27(32)29-17-16-21-10-4-3-5-11-21/h3-15,20H,16-19H2,1-2H3,(H,29,32). The maximum Gasteiger partial charge on any atom is 0.414 e. The number of amides is 2. The lowest BCUT2D eigenvalue weighted by atomic mass is 9.96. The van der Waals surface area contributed by atoms with Crippen LogP contribution in [0.5, 0.6) is 5.75 Å². The van der Waals surface area contributed by atoms with Gasteiger partial charge in [0.15, 0.2) is 0 Å². The normalized spacial score (nSPS) is 12.4. The second kappa shape index (κ2) is 10.7. The molecule has 2 amide bonds. The fourth-order valence-electron chi connectivity index (χ4n) is 3.92. The van der Waals surface area contributed by atoms with Crippen LogP contribution in [0.25, 0.3) is 5.57 Å². The van der Waals surface area contributed by atoms with Gasteiger partial charge in [-0.05, 0) is 29.2 Å². The highest BCUT2D eigenvalue weighted by atomic mass is 16.6. The summed E-state index contributed by atoms with van der Waals surface area (Å²) in [5, 5.41) is 3.07. The zero-order valence-corrected chi connectivity index (χ0v) is 19.5. The zero-order chi connectivity index (χ0) is 23.9.